The van der Waals surface area contributed by atoms with Crippen molar-refractivity contribution in [3.63, 3.8) is 0 Å². The predicted molar refractivity (Wildman–Crippen MR) is 131 cm³/mol. The summed E-state index contributed by atoms with van der Waals surface area (Å²) >= 11 is 6.69. The number of aryl methyl sites for hydroxylation is 1. The van der Waals surface area contributed by atoms with Crippen molar-refractivity contribution in [2.24, 2.45) is 0 Å². The molecule has 3 aromatic rings. The molecule has 2 aromatic carbocycles. The number of nitrogens with zero attached hydrogens (tertiary/aromatic N) is 1. The summed E-state index contributed by atoms with van der Waals surface area (Å²) in [5.74, 6) is -0.0686. The molecule has 2 aliphatic rings. The van der Waals surface area contributed by atoms with Gasteiger partial charge in [-0.3, -0.25) is 9.69 Å². The lowest BCUT2D eigenvalue weighted by atomic mass is 10.1. The molecule has 8 heteroatoms. The Bertz CT molecular complexity index is 1270. The van der Waals surface area contributed by atoms with Gasteiger partial charge in [0.25, 0.3) is 5.91 Å². The maximum Gasteiger partial charge on any atom is 0.379 e. The van der Waals surface area contributed by atoms with Crippen LogP contribution in [0.3, 0.4) is 0 Å². The number of furan rings is 1. The third-order valence-corrected chi connectivity index (χ3v) is 7.08. The molecule has 0 unspecified atom stereocenters. The van der Waals surface area contributed by atoms with Crippen LogP contribution in [-0.4, -0.2) is 40.4 Å². The van der Waals surface area contributed by atoms with Gasteiger partial charge in [0.1, 0.15) is 15.7 Å². The van der Waals surface area contributed by atoms with E-state index in [1.807, 2.05) is 31.2 Å². The van der Waals surface area contributed by atoms with Crippen LogP contribution in [0.5, 0.6) is 5.75 Å². The van der Waals surface area contributed by atoms with Crippen molar-refractivity contribution in [2.75, 3.05) is 13.2 Å². The summed E-state index contributed by atoms with van der Waals surface area (Å²) < 4.78 is 17.4. The number of hydrogen-bond donors (Lipinski definition) is 0. The highest BCUT2D eigenvalue weighted by molar-refractivity contribution is 8.26. The number of benzene rings is 2. The number of thiocarbonyl (C=S) groups is 1. The van der Waals surface area contributed by atoms with Crippen molar-refractivity contribution in [1.29, 1.82) is 0 Å². The van der Waals surface area contributed by atoms with Gasteiger partial charge in [-0.2, -0.15) is 0 Å². The Morgan fingerprint density at radius 2 is 2.03 bits per heavy atom. The van der Waals surface area contributed by atoms with E-state index in [2.05, 4.69) is 0 Å². The smallest absolute Gasteiger partial charge is 0.379 e. The first kappa shape index (κ1) is 21.9. The zero-order chi connectivity index (χ0) is 22.9. The van der Waals surface area contributed by atoms with Gasteiger partial charge in [0.05, 0.1) is 17.6 Å². The van der Waals surface area contributed by atoms with Crippen molar-refractivity contribution in [2.45, 2.75) is 25.9 Å². The van der Waals surface area contributed by atoms with Gasteiger partial charge in [0.2, 0.25) is 5.76 Å². The molecule has 168 valence electrons. The summed E-state index contributed by atoms with van der Waals surface area (Å²) in [5.41, 5.74) is 2.21. The number of thioether (sulfide) groups is 1. The van der Waals surface area contributed by atoms with E-state index in [1.165, 1.54) is 11.8 Å². The van der Waals surface area contributed by atoms with E-state index < -0.39 is 5.97 Å². The van der Waals surface area contributed by atoms with Gasteiger partial charge in [-0.05, 0) is 49.6 Å². The lowest BCUT2D eigenvalue weighted by Gasteiger charge is -2.18. The zero-order valence-electron chi connectivity index (χ0n) is 17.9. The molecule has 2 aliphatic heterocycles. The number of esters is 1. The summed E-state index contributed by atoms with van der Waals surface area (Å²) in [6.07, 6.45) is 3.81. The first-order chi connectivity index (χ1) is 16.0. The van der Waals surface area contributed by atoms with Crippen molar-refractivity contribution in [3.8, 4) is 5.75 Å². The maximum atomic E-state index is 12.8. The molecule has 0 N–H and O–H groups in total. The van der Waals surface area contributed by atoms with Crippen LogP contribution in [0.15, 0.2) is 57.9 Å². The Morgan fingerprint density at radius 1 is 1.24 bits per heavy atom. The second-order valence-corrected chi connectivity index (χ2v) is 9.61. The van der Waals surface area contributed by atoms with Gasteiger partial charge >= 0.3 is 5.97 Å². The highest BCUT2D eigenvalue weighted by Crippen LogP contribution is 2.34. The van der Waals surface area contributed by atoms with Crippen molar-refractivity contribution in [1.82, 2.24) is 4.90 Å². The Kier molecular flexibility index (Phi) is 6.05. The molecule has 5 rings (SSSR count). The number of amides is 1. The van der Waals surface area contributed by atoms with Crippen LogP contribution in [-0.2, 0) is 9.53 Å². The monoisotopic (exact) mass is 479 g/mol. The lowest BCUT2D eigenvalue weighted by molar-refractivity contribution is -0.123. The van der Waals surface area contributed by atoms with Crippen LogP contribution in [0, 0.1) is 6.92 Å². The quantitative estimate of drug-likeness (QED) is 0.212. The van der Waals surface area contributed by atoms with Crippen LogP contribution >= 0.6 is 24.0 Å². The van der Waals surface area contributed by atoms with Gasteiger partial charge in [-0.1, -0.05) is 54.3 Å². The molecule has 0 aliphatic carbocycles. The van der Waals surface area contributed by atoms with Gasteiger partial charge in [-0.25, -0.2) is 4.79 Å². The number of ether oxygens (including phenoxy) is 2. The van der Waals surface area contributed by atoms with Crippen LogP contribution in [0.4, 0.5) is 0 Å². The van der Waals surface area contributed by atoms with Crippen LogP contribution < -0.4 is 4.74 Å². The van der Waals surface area contributed by atoms with Crippen molar-refractivity contribution in [3.05, 3.63) is 70.3 Å². The summed E-state index contributed by atoms with van der Waals surface area (Å²) in [6.45, 7) is 3.07. The average Bonchev–Trinajstić information content (AvgIpc) is 3.51. The fourth-order valence-electron chi connectivity index (χ4n) is 3.96. The Balaban J connectivity index is 1.27. The average molecular weight is 480 g/mol. The third-order valence-electron chi connectivity index (χ3n) is 5.70. The number of para-hydroxylation sites is 1. The number of fused-ring (bicyclic) bond motifs is 1. The van der Waals surface area contributed by atoms with Crippen LogP contribution in [0.1, 0.15) is 34.5 Å². The Hall–Kier alpha value is -2.94. The summed E-state index contributed by atoms with van der Waals surface area (Å²) in [6, 6.07) is 14.4. The number of rotatable bonds is 5. The zero-order valence-corrected chi connectivity index (χ0v) is 19.5. The molecule has 0 bridgehead atoms. The van der Waals surface area contributed by atoms with E-state index in [4.69, 9.17) is 26.1 Å². The van der Waals surface area contributed by atoms with Crippen LogP contribution in [0.25, 0.3) is 17.0 Å². The molecule has 1 atom stereocenters. The fraction of sp³-hybridized carbons (Fsp3) is 0.240. The first-order valence-corrected chi connectivity index (χ1v) is 11.9. The minimum absolute atomic E-state index is 0.0520. The van der Waals surface area contributed by atoms with Crippen molar-refractivity contribution >= 4 is 57.2 Å². The normalized spacial score (nSPS) is 19.7. The standard InChI is InChI=1S/C25H21NO5S2/c1-15-19-6-2-3-7-20(19)31-22(15)24(28)30-17-10-8-16(9-11-17)13-21-23(27)26(25(32)33-21)14-18-5-4-12-29-18/h2-3,6-11,13,18H,4-5,12,14H2,1H3/b21-13+/t18-/m0/s1. The lowest BCUT2D eigenvalue weighted by Crippen LogP contribution is -2.35. The molecule has 3 heterocycles. The second kappa shape index (κ2) is 9.13. The van der Waals surface area contributed by atoms with Gasteiger partial charge < -0.3 is 13.9 Å². The van der Waals surface area contributed by atoms with Crippen molar-refractivity contribution < 1.29 is 23.5 Å². The van der Waals surface area contributed by atoms with E-state index >= 15 is 0 Å². The predicted octanol–water partition coefficient (Wildman–Crippen LogP) is 5.34. The van der Waals surface area contributed by atoms with E-state index in [9.17, 15) is 9.59 Å². The summed E-state index contributed by atoms with van der Waals surface area (Å²) in [5, 5.41) is 0.886. The molecule has 1 amide bonds. The van der Waals surface area contributed by atoms with E-state index in [1.54, 1.807) is 35.2 Å². The third kappa shape index (κ3) is 4.46. The Labute approximate surface area is 200 Å². The molecular weight excluding hydrogens is 458 g/mol. The molecule has 33 heavy (non-hydrogen) atoms. The minimum Gasteiger partial charge on any atom is -0.449 e. The highest BCUT2D eigenvalue weighted by Gasteiger charge is 2.34. The molecular formula is C25H21NO5S2. The molecule has 0 radical (unpaired) electrons. The molecule has 0 spiro atoms. The molecule has 1 aromatic heterocycles. The molecule has 0 saturated carbocycles. The summed E-state index contributed by atoms with van der Waals surface area (Å²) in [7, 11) is 0. The summed E-state index contributed by atoms with van der Waals surface area (Å²) in [4.78, 5) is 27.6. The maximum absolute atomic E-state index is 12.8. The SMILES string of the molecule is Cc1c(C(=O)Oc2ccc(/C=C3/SC(=S)N(C[C@@H]4CCCO4)C3=O)cc2)oc2ccccc12. The number of carbonyl (C=O) groups is 2. The van der Waals surface area contributed by atoms with Gasteiger partial charge in [0, 0.05) is 17.6 Å². The van der Waals surface area contributed by atoms with Gasteiger partial charge in [-0.15, -0.1) is 0 Å². The van der Waals surface area contributed by atoms with Crippen LogP contribution in [0.2, 0.25) is 0 Å². The Morgan fingerprint density at radius 3 is 2.76 bits per heavy atom. The minimum atomic E-state index is -0.550. The first-order valence-electron chi connectivity index (χ1n) is 10.7. The second-order valence-electron chi connectivity index (χ2n) is 7.94. The largest absolute Gasteiger partial charge is 0.449 e. The molecule has 2 saturated heterocycles. The number of carbonyl (C=O) groups excluding carboxylic acids is 2. The fourth-order valence-corrected chi connectivity index (χ4v) is 5.23. The molecule has 6 nitrogen and oxygen atoms in total. The highest BCUT2D eigenvalue weighted by atomic mass is 32.2. The topological polar surface area (TPSA) is 69.0 Å². The van der Waals surface area contributed by atoms with E-state index in [0.29, 0.717) is 27.1 Å². The van der Waals surface area contributed by atoms with E-state index in [-0.39, 0.29) is 17.8 Å². The van der Waals surface area contributed by atoms with E-state index in [0.717, 1.165) is 36.0 Å². The molecule has 2 fully saturated rings. The van der Waals surface area contributed by atoms with Gasteiger partial charge in [0.15, 0.2) is 0 Å². The number of hydrogen-bond acceptors (Lipinski definition) is 7.